The van der Waals surface area contributed by atoms with Crippen LogP contribution in [0.2, 0.25) is 0 Å². The molecule has 0 spiro atoms. The number of methoxy groups -OCH3 is 1. The lowest BCUT2D eigenvalue weighted by atomic mass is 10.1. The Bertz CT molecular complexity index is 1110. The number of nitrogens with zero attached hydrogens (tertiary/aromatic N) is 4. The summed E-state index contributed by atoms with van der Waals surface area (Å²) in [5, 5.41) is 7.74. The summed E-state index contributed by atoms with van der Waals surface area (Å²) in [7, 11) is 1.29. The van der Waals surface area contributed by atoms with E-state index >= 15 is 0 Å². The van der Waals surface area contributed by atoms with Gasteiger partial charge in [0.15, 0.2) is 5.82 Å². The molecule has 0 saturated carbocycles. The Morgan fingerprint density at radius 3 is 2.58 bits per heavy atom. The molecule has 3 aromatic rings. The second-order valence-electron chi connectivity index (χ2n) is 7.90. The summed E-state index contributed by atoms with van der Waals surface area (Å²) in [5.41, 5.74) is 2.13. The zero-order valence-corrected chi connectivity index (χ0v) is 18.1. The largest absolute Gasteiger partial charge is 0.465 e. The van der Waals surface area contributed by atoms with E-state index in [1.165, 1.54) is 37.7 Å². The van der Waals surface area contributed by atoms with Crippen LogP contribution in [0.25, 0.3) is 11.1 Å². The molecule has 0 atom stereocenters. The highest BCUT2D eigenvalue weighted by molar-refractivity contribution is 5.96. The first-order chi connectivity index (χ1) is 15.8. The Hall–Kier alpha value is -3.40. The number of esters is 1. The van der Waals surface area contributed by atoms with Gasteiger partial charge in [-0.05, 0) is 23.8 Å². The van der Waals surface area contributed by atoms with Gasteiger partial charge in [-0.1, -0.05) is 12.1 Å². The van der Waals surface area contributed by atoms with E-state index in [0.29, 0.717) is 48.8 Å². The van der Waals surface area contributed by atoms with Gasteiger partial charge in [0, 0.05) is 50.4 Å². The molecule has 0 bridgehead atoms. The molecule has 174 valence electrons. The first-order valence-corrected chi connectivity index (χ1v) is 10.6. The molecule has 10 heteroatoms. The summed E-state index contributed by atoms with van der Waals surface area (Å²) < 4.78 is 46.8. The number of anilines is 2. The summed E-state index contributed by atoms with van der Waals surface area (Å²) in [6.45, 7) is 1.73. The van der Waals surface area contributed by atoms with Gasteiger partial charge < -0.3 is 15.0 Å². The van der Waals surface area contributed by atoms with Crippen LogP contribution < -0.4 is 5.32 Å². The number of benzene rings is 1. The molecule has 1 saturated heterocycles. The van der Waals surface area contributed by atoms with Crippen molar-refractivity contribution in [1.82, 2.24) is 19.7 Å². The third kappa shape index (κ3) is 5.51. The maximum atomic E-state index is 13.5. The molecule has 0 unspecified atom stereocenters. The van der Waals surface area contributed by atoms with Crippen LogP contribution in [-0.4, -0.2) is 58.3 Å². The predicted octanol–water partition coefficient (Wildman–Crippen LogP) is 4.35. The number of nitrogens with one attached hydrogen (secondary N) is 1. The summed E-state index contributed by atoms with van der Waals surface area (Å²) in [6.07, 6.45) is 4.50. The van der Waals surface area contributed by atoms with Crippen LogP contribution in [0.15, 0.2) is 48.9 Å². The van der Waals surface area contributed by atoms with Crippen molar-refractivity contribution in [3.8, 4) is 11.1 Å². The van der Waals surface area contributed by atoms with Crippen LogP contribution in [0.5, 0.6) is 0 Å². The molecule has 1 fully saturated rings. The van der Waals surface area contributed by atoms with E-state index in [4.69, 9.17) is 4.74 Å². The van der Waals surface area contributed by atoms with Crippen molar-refractivity contribution in [3.05, 3.63) is 60.3 Å². The predicted molar refractivity (Wildman–Crippen MR) is 117 cm³/mol. The standard InChI is InChI=1S/C23H24F3N5O2/c1-33-22(32)18-6-9-27-14-20(18)28-21-19(16-2-4-17(24)5-3-16)15-31(29-21)13-12-30-10-7-23(25,26)8-11-30/h2-6,9,14-15H,7-8,10-13H2,1H3,(H,28,29). The summed E-state index contributed by atoms with van der Waals surface area (Å²) >= 11 is 0. The maximum absolute atomic E-state index is 13.5. The number of carbonyl (C=O) groups excluding carboxylic acids is 1. The van der Waals surface area contributed by atoms with Gasteiger partial charge in [-0.15, -0.1) is 0 Å². The Kier molecular flexibility index (Phi) is 6.64. The minimum atomic E-state index is -2.59. The van der Waals surface area contributed by atoms with Crippen molar-refractivity contribution in [2.75, 3.05) is 32.1 Å². The molecule has 0 radical (unpaired) electrons. The molecule has 1 aromatic carbocycles. The smallest absolute Gasteiger partial charge is 0.340 e. The molecule has 33 heavy (non-hydrogen) atoms. The molecule has 1 aliphatic rings. The molecule has 4 rings (SSSR count). The number of carbonyl (C=O) groups is 1. The summed E-state index contributed by atoms with van der Waals surface area (Å²) in [6, 6.07) is 7.52. The third-order valence-electron chi connectivity index (χ3n) is 5.63. The van der Waals surface area contributed by atoms with Crippen LogP contribution in [0, 0.1) is 5.82 Å². The second-order valence-corrected chi connectivity index (χ2v) is 7.90. The monoisotopic (exact) mass is 459 g/mol. The van der Waals surface area contributed by atoms with E-state index in [9.17, 15) is 18.0 Å². The first-order valence-electron chi connectivity index (χ1n) is 10.6. The van der Waals surface area contributed by atoms with Gasteiger partial charge in [0.25, 0.3) is 5.92 Å². The number of hydrogen-bond acceptors (Lipinski definition) is 6. The minimum absolute atomic E-state index is 0.142. The Balaban J connectivity index is 1.58. The lowest BCUT2D eigenvalue weighted by Crippen LogP contribution is -2.40. The number of ether oxygens (including phenoxy) is 1. The summed E-state index contributed by atoms with van der Waals surface area (Å²) in [4.78, 5) is 18.2. The van der Waals surface area contributed by atoms with E-state index in [2.05, 4.69) is 15.4 Å². The average molecular weight is 459 g/mol. The molecule has 1 aliphatic heterocycles. The Labute approximate surface area is 189 Å². The van der Waals surface area contributed by atoms with Gasteiger partial charge in [-0.3, -0.25) is 9.67 Å². The number of piperidine rings is 1. The molecule has 1 N–H and O–H groups in total. The van der Waals surface area contributed by atoms with Crippen molar-refractivity contribution in [2.24, 2.45) is 0 Å². The van der Waals surface area contributed by atoms with Gasteiger partial charge in [-0.25, -0.2) is 18.0 Å². The van der Waals surface area contributed by atoms with Crippen molar-refractivity contribution < 1.29 is 22.7 Å². The number of likely N-dealkylation sites (tertiary alicyclic amines) is 1. The van der Waals surface area contributed by atoms with Crippen molar-refractivity contribution in [2.45, 2.75) is 25.3 Å². The second kappa shape index (κ2) is 9.62. The topological polar surface area (TPSA) is 72.3 Å². The van der Waals surface area contributed by atoms with Gasteiger partial charge >= 0.3 is 5.97 Å². The fourth-order valence-corrected chi connectivity index (χ4v) is 3.73. The SMILES string of the molecule is COC(=O)c1ccncc1Nc1nn(CCN2CCC(F)(F)CC2)cc1-c1ccc(F)cc1. The highest BCUT2D eigenvalue weighted by Gasteiger charge is 2.33. The zero-order chi connectivity index (χ0) is 23.4. The third-order valence-corrected chi connectivity index (χ3v) is 5.63. The first kappa shape index (κ1) is 22.8. The van der Waals surface area contributed by atoms with Crippen LogP contribution >= 0.6 is 0 Å². The van der Waals surface area contributed by atoms with Gasteiger partial charge in [-0.2, -0.15) is 5.10 Å². The number of hydrogen-bond donors (Lipinski definition) is 1. The highest BCUT2D eigenvalue weighted by Crippen LogP contribution is 2.31. The molecule has 7 nitrogen and oxygen atoms in total. The quantitative estimate of drug-likeness (QED) is 0.530. The normalized spacial score (nSPS) is 15.9. The summed E-state index contributed by atoms with van der Waals surface area (Å²) in [5.74, 6) is -3.02. The molecule has 0 aliphatic carbocycles. The van der Waals surface area contributed by atoms with Gasteiger partial charge in [0.05, 0.1) is 31.1 Å². The van der Waals surface area contributed by atoms with E-state index < -0.39 is 11.9 Å². The average Bonchev–Trinajstić information content (AvgIpc) is 3.21. The van der Waals surface area contributed by atoms with E-state index in [-0.39, 0.29) is 18.7 Å². The molecule has 0 amide bonds. The van der Waals surface area contributed by atoms with Crippen LogP contribution in [0.3, 0.4) is 0 Å². The fraction of sp³-hybridized carbons (Fsp3) is 0.348. The molecule has 3 heterocycles. The van der Waals surface area contributed by atoms with E-state index in [1.807, 2.05) is 11.1 Å². The maximum Gasteiger partial charge on any atom is 0.340 e. The van der Waals surface area contributed by atoms with E-state index in [1.54, 1.807) is 16.8 Å². The van der Waals surface area contributed by atoms with Crippen molar-refractivity contribution >= 4 is 17.5 Å². The number of rotatable bonds is 7. The lowest BCUT2D eigenvalue weighted by Gasteiger charge is -2.31. The number of pyridine rings is 1. The number of aromatic nitrogens is 3. The molecular formula is C23H24F3N5O2. The minimum Gasteiger partial charge on any atom is -0.465 e. The van der Waals surface area contributed by atoms with Crippen molar-refractivity contribution in [3.63, 3.8) is 0 Å². The number of halogens is 3. The van der Waals surface area contributed by atoms with E-state index in [0.717, 1.165) is 5.56 Å². The Morgan fingerprint density at radius 2 is 1.88 bits per heavy atom. The lowest BCUT2D eigenvalue weighted by molar-refractivity contribution is -0.0555. The fourth-order valence-electron chi connectivity index (χ4n) is 3.73. The van der Waals surface area contributed by atoms with Crippen LogP contribution in [0.1, 0.15) is 23.2 Å². The van der Waals surface area contributed by atoms with Crippen LogP contribution in [-0.2, 0) is 11.3 Å². The molecule has 2 aromatic heterocycles. The van der Waals surface area contributed by atoms with Crippen LogP contribution in [0.4, 0.5) is 24.7 Å². The van der Waals surface area contributed by atoms with Crippen molar-refractivity contribution in [1.29, 1.82) is 0 Å². The van der Waals surface area contributed by atoms with Gasteiger partial charge in [0.2, 0.25) is 0 Å². The number of alkyl halides is 2. The zero-order valence-electron chi connectivity index (χ0n) is 18.1. The molecular weight excluding hydrogens is 435 g/mol. The highest BCUT2D eigenvalue weighted by atomic mass is 19.3. The van der Waals surface area contributed by atoms with Gasteiger partial charge in [0.1, 0.15) is 5.82 Å². The Morgan fingerprint density at radius 1 is 1.15 bits per heavy atom.